The van der Waals surface area contributed by atoms with Gasteiger partial charge in [-0.05, 0) is 29.8 Å². The summed E-state index contributed by atoms with van der Waals surface area (Å²) in [7, 11) is 0. The maximum Gasteiger partial charge on any atom is 0.413 e. The first kappa shape index (κ1) is 21.0. The number of rotatable bonds is 7. The molecule has 1 N–H and O–H groups in total. The van der Waals surface area contributed by atoms with Crippen LogP contribution >= 0.6 is 45.8 Å². The van der Waals surface area contributed by atoms with E-state index in [1.807, 2.05) is 35.0 Å². The molecule has 0 saturated heterocycles. The van der Waals surface area contributed by atoms with Gasteiger partial charge in [0.05, 0.1) is 29.0 Å². The van der Waals surface area contributed by atoms with Crippen molar-refractivity contribution in [2.24, 2.45) is 5.10 Å². The van der Waals surface area contributed by atoms with Gasteiger partial charge in [-0.25, -0.2) is 9.80 Å². The Kier molecular flexibility index (Phi) is 6.77. The van der Waals surface area contributed by atoms with Gasteiger partial charge in [-0.15, -0.1) is 32.9 Å². The summed E-state index contributed by atoms with van der Waals surface area (Å²) >= 11 is 5.72. The first-order chi connectivity index (χ1) is 14.6. The fourth-order valence-electron chi connectivity index (χ4n) is 2.80. The molecule has 1 aliphatic heterocycles. The summed E-state index contributed by atoms with van der Waals surface area (Å²) in [6, 6.07) is 7.94. The molecule has 1 atom stereocenters. The van der Waals surface area contributed by atoms with E-state index in [9.17, 15) is 9.59 Å². The van der Waals surface area contributed by atoms with Gasteiger partial charge in [-0.1, -0.05) is 35.2 Å². The SMILES string of the molecule is CCOC(=O)Nc1nnc(SCC(=O)N2N=C(c3cccs3)CC2c2cccs2)s1. The quantitative estimate of drug-likeness (QED) is 0.390. The van der Waals surface area contributed by atoms with Gasteiger partial charge in [-0.3, -0.25) is 10.1 Å². The van der Waals surface area contributed by atoms with E-state index in [1.165, 1.54) is 23.1 Å². The molecule has 4 heterocycles. The van der Waals surface area contributed by atoms with E-state index in [0.717, 1.165) is 15.5 Å². The molecule has 0 radical (unpaired) electrons. The minimum atomic E-state index is -0.576. The Morgan fingerprint density at radius 3 is 2.83 bits per heavy atom. The van der Waals surface area contributed by atoms with Crippen LogP contribution in [0.15, 0.2) is 44.5 Å². The van der Waals surface area contributed by atoms with E-state index in [2.05, 4.69) is 20.6 Å². The zero-order valence-corrected chi connectivity index (χ0v) is 19.1. The minimum Gasteiger partial charge on any atom is -0.450 e. The molecule has 3 aromatic rings. The summed E-state index contributed by atoms with van der Waals surface area (Å²) in [4.78, 5) is 26.6. The summed E-state index contributed by atoms with van der Waals surface area (Å²) in [5, 5.41) is 21.0. The Morgan fingerprint density at radius 1 is 1.27 bits per heavy atom. The molecule has 3 aromatic heterocycles. The van der Waals surface area contributed by atoms with Crippen molar-refractivity contribution < 1.29 is 14.3 Å². The van der Waals surface area contributed by atoms with E-state index >= 15 is 0 Å². The van der Waals surface area contributed by atoms with Crippen molar-refractivity contribution in [1.82, 2.24) is 15.2 Å². The van der Waals surface area contributed by atoms with Crippen LogP contribution in [0.25, 0.3) is 0 Å². The van der Waals surface area contributed by atoms with E-state index in [1.54, 1.807) is 34.6 Å². The molecule has 1 aliphatic rings. The van der Waals surface area contributed by atoms with E-state index in [0.29, 0.717) is 15.9 Å². The number of carbonyl (C=O) groups excluding carboxylic acids is 2. The number of hydrazone groups is 1. The minimum absolute atomic E-state index is 0.0920. The number of thiophene rings is 2. The highest BCUT2D eigenvalue weighted by molar-refractivity contribution is 8.01. The number of hydrogen-bond donors (Lipinski definition) is 1. The fraction of sp³-hybridized carbons (Fsp3) is 0.278. The topological polar surface area (TPSA) is 96.8 Å². The second kappa shape index (κ2) is 9.69. The molecule has 30 heavy (non-hydrogen) atoms. The lowest BCUT2D eigenvalue weighted by atomic mass is 10.1. The Bertz CT molecular complexity index is 1030. The van der Waals surface area contributed by atoms with Crippen LogP contribution in [0, 0.1) is 0 Å². The highest BCUT2D eigenvalue weighted by atomic mass is 32.2. The zero-order valence-electron chi connectivity index (χ0n) is 15.8. The standard InChI is InChI=1S/C18H17N5O3S4/c1-2-26-17(25)19-16-20-21-18(30-16)29-10-15(24)23-12(14-6-4-8-28-14)9-11(22-23)13-5-3-7-27-13/h3-8,12H,2,9-10H2,1H3,(H,19,20,25). The van der Waals surface area contributed by atoms with Crippen molar-refractivity contribution in [3.63, 3.8) is 0 Å². The number of amides is 2. The summed E-state index contributed by atoms with van der Waals surface area (Å²) in [6.45, 7) is 2.00. The molecule has 0 fully saturated rings. The first-order valence-electron chi connectivity index (χ1n) is 9.01. The lowest BCUT2D eigenvalue weighted by Gasteiger charge is -2.20. The van der Waals surface area contributed by atoms with Gasteiger partial charge < -0.3 is 4.74 Å². The average molecular weight is 480 g/mol. The summed E-state index contributed by atoms with van der Waals surface area (Å²) in [5.74, 6) is 0.0805. The highest BCUT2D eigenvalue weighted by Crippen LogP contribution is 2.36. The molecule has 8 nitrogen and oxygen atoms in total. The Balaban J connectivity index is 1.42. The predicted octanol–water partition coefficient (Wildman–Crippen LogP) is 4.70. The number of nitrogens with one attached hydrogen (secondary N) is 1. The summed E-state index contributed by atoms with van der Waals surface area (Å²) in [6.07, 6.45) is 0.122. The zero-order chi connectivity index (χ0) is 20.9. The van der Waals surface area contributed by atoms with Crippen molar-refractivity contribution in [3.05, 3.63) is 44.8 Å². The molecular weight excluding hydrogens is 462 g/mol. The van der Waals surface area contributed by atoms with Crippen LogP contribution in [0.4, 0.5) is 9.93 Å². The fourth-order valence-corrected chi connectivity index (χ4v) is 5.92. The van der Waals surface area contributed by atoms with Crippen LogP contribution in [0.5, 0.6) is 0 Å². The second-order valence-electron chi connectivity index (χ2n) is 6.00. The van der Waals surface area contributed by atoms with Crippen LogP contribution in [0.2, 0.25) is 0 Å². The van der Waals surface area contributed by atoms with Gasteiger partial charge in [0.15, 0.2) is 4.34 Å². The normalized spacial score (nSPS) is 15.8. The molecule has 156 valence electrons. The number of thioether (sulfide) groups is 1. The molecule has 4 rings (SSSR count). The molecule has 1 unspecified atom stereocenters. The van der Waals surface area contributed by atoms with Crippen LogP contribution in [-0.4, -0.2) is 45.3 Å². The maximum absolute atomic E-state index is 13.0. The number of hydrogen-bond acceptors (Lipinski definition) is 10. The van der Waals surface area contributed by atoms with Gasteiger partial charge in [-0.2, -0.15) is 5.10 Å². The maximum atomic E-state index is 13.0. The van der Waals surface area contributed by atoms with Crippen molar-refractivity contribution in [2.75, 3.05) is 17.7 Å². The molecule has 12 heteroatoms. The Morgan fingerprint density at radius 2 is 2.10 bits per heavy atom. The lowest BCUT2D eigenvalue weighted by Crippen LogP contribution is -2.28. The molecular formula is C18H17N5O3S4. The van der Waals surface area contributed by atoms with Crippen LogP contribution in [0.1, 0.15) is 29.1 Å². The molecule has 0 bridgehead atoms. The van der Waals surface area contributed by atoms with E-state index < -0.39 is 6.09 Å². The number of nitrogens with zero attached hydrogens (tertiary/aromatic N) is 4. The monoisotopic (exact) mass is 479 g/mol. The third-order valence-electron chi connectivity index (χ3n) is 4.05. The van der Waals surface area contributed by atoms with Crippen LogP contribution in [0.3, 0.4) is 0 Å². The van der Waals surface area contributed by atoms with Crippen molar-refractivity contribution >= 4 is 68.6 Å². The molecule has 0 spiro atoms. The van der Waals surface area contributed by atoms with Gasteiger partial charge in [0.25, 0.3) is 5.91 Å². The molecule has 0 aliphatic carbocycles. The molecule has 0 saturated carbocycles. The average Bonchev–Trinajstić information content (AvgIpc) is 3.53. The van der Waals surface area contributed by atoms with Gasteiger partial charge >= 0.3 is 6.09 Å². The smallest absolute Gasteiger partial charge is 0.413 e. The van der Waals surface area contributed by atoms with Crippen molar-refractivity contribution in [2.45, 2.75) is 23.7 Å². The predicted molar refractivity (Wildman–Crippen MR) is 121 cm³/mol. The largest absolute Gasteiger partial charge is 0.450 e. The van der Waals surface area contributed by atoms with Crippen LogP contribution in [-0.2, 0) is 9.53 Å². The first-order valence-corrected chi connectivity index (χ1v) is 12.6. The third kappa shape index (κ3) is 4.89. The highest BCUT2D eigenvalue weighted by Gasteiger charge is 2.34. The number of aromatic nitrogens is 2. The molecule has 2 amide bonds. The number of anilines is 1. The second-order valence-corrected chi connectivity index (χ2v) is 10.1. The Hall–Kier alpha value is -2.28. The number of ether oxygens (including phenoxy) is 1. The van der Waals surface area contributed by atoms with Crippen LogP contribution < -0.4 is 5.32 Å². The van der Waals surface area contributed by atoms with Gasteiger partial charge in [0.2, 0.25) is 5.13 Å². The van der Waals surface area contributed by atoms with Crippen molar-refractivity contribution in [1.29, 1.82) is 0 Å². The summed E-state index contributed by atoms with van der Waals surface area (Å²) < 4.78 is 5.40. The Labute approximate surface area is 189 Å². The molecule has 0 aromatic carbocycles. The van der Waals surface area contributed by atoms with E-state index in [4.69, 9.17) is 4.74 Å². The van der Waals surface area contributed by atoms with Gasteiger partial charge in [0.1, 0.15) is 0 Å². The number of carbonyl (C=O) groups is 2. The lowest BCUT2D eigenvalue weighted by molar-refractivity contribution is -0.130. The van der Waals surface area contributed by atoms with Crippen molar-refractivity contribution in [3.8, 4) is 0 Å². The third-order valence-corrected chi connectivity index (χ3v) is 7.90. The van der Waals surface area contributed by atoms with Gasteiger partial charge in [0, 0.05) is 11.3 Å². The summed E-state index contributed by atoms with van der Waals surface area (Å²) in [5.41, 5.74) is 0.929. The van der Waals surface area contributed by atoms with E-state index in [-0.39, 0.29) is 24.3 Å².